The first kappa shape index (κ1) is 15.8. The van der Waals surface area contributed by atoms with Crippen molar-refractivity contribution in [2.75, 3.05) is 7.11 Å². The minimum absolute atomic E-state index is 0.00885. The molecule has 0 aromatic heterocycles. The maximum Gasteiger partial charge on any atom is 0.322 e. The molecule has 1 aromatic carbocycles. The highest BCUT2D eigenvalue weighted by Crippen LogP contribution is 2.60. The van der Waals surface area contributed by atoms with E-state index in [1.807, 2.05) is 0 Å². The zero-order chi connectivity index (χ0) is 16.8. The van der Waals surface area contributed by atoms with E-state index in [0.29, 0.717) is 12.8 Å². The monoisotopic (exact) mass is 326 g/mol. The van der Waals surface area contributed by atoms with Crippen molar-refractivity contribution in [3.8, 4) is 0 Å². The molecule has 122 valence electrons. The normalized spacial score (nSPS) is 28.1. The zero-order valence-corrected chi connectivity index (χ0v) is 12.3. The van der Waals surface area contributed by atoms with Gasteiger partial charge in [0.1, 0.15) is 5.83 Å². The summed E-state index contributed by atoms with van der Waals surface area (Å²) in [6.07, 6.45) is -1.99. The number of alkyl halides is 1. The van der Waals surface area contributed by atoms with Crippen LogP contribution in [0.1, 0.15) is 18.4 Å². The molecule has 0 aliphatic heterocycles. The first-order valence-corrected chi connectivity index (χ1v) is 7.19. The maximum atomic E-state index is 14.8. The molecule has 3 rings (SSSR count). The molecule has 2 aliphatic rings. The molecule has 2 unspecified atom stereocenters. The van der Waals surface area contributed by atoms with Gasteiger partial charge >= 0.3 is 5.97 Å². The van der Waals surface area contributed by atoms with Gasteiger partial charge in [-0.3, -0.25) is 4.79 Å². The third-order valence-corrected chi connectivity index (χ3v) is 4.44. The number of benzene rings is 1. The number of allylic oxidation sites excluding steroid dienone is 3. The van der Waals surface area contributed by atoms with Crippen molar-refractivity contribution in [2.45, 2.75) is 19.0 Å². The van der Waals surface area contributed by atoms with Gasteiger partial charge in [0.05, 0.1) is 12.7 Å². The molecule has 2 atom stereocenters. The van der Waals surface area contributed by atoms with Crippen LogP contribution in [0.4, 0.5) is 17.6 Å². The fraction of sp³-hybridized carbons (Fsp3) is 0.353. The van der Waals surface area contributed by atoms with Gasteiger partial charge in [-0.15, -0.1) is 0 Å². The number of methoxy groups -OCH3 is 1. The number of halogens is 4. The van der Waals surface area contributed by atoms with E-state index in [-0.39, 0.29) is 5.56 Å². The Balaban J connectivity index is 2.21. The zero-order valence-electron chi connectivity index (χ0n) is 12.3. The predicted molar refractivity (Wildman–Crippen MR) is 75.8 cm³/mol. The third kappa shape index (κ3) is 2.11. The van der Waals surface area contributed by atoms with Crippen molar-refractivity contribution in [1.29, 1.82) is 0 Å². The SMILES string of the molecule is COC(=O)C1(C2CC2)C(F)=C(F)C(c2ccccc2)=C(F)C1F. The van der Waals surface area contributed by atoms with Crippen LogP contribution in [0, 0.1) is 11.3 Å². The quantitative estimate of drug-likeness (QED) is 0.606. The molecule has 1 aromatic rings. The van der Waals surface area contributed by atoms with E-state index in [9.17, 15) is 22.4 Å². The van der Waals surface area contributed by atoms with Crippen molar-refractivity contribution in [1.82, 2.24) is 0 Å². The van der Waals surface area contributed by atoms with E-state index < -0.39 is 46.5 Å². The van der Waals surface area contributed by atoms with Crippen molar-refractivity contribution >= 4 is 11.5 Å². The van der Waals surface area contributed by atoms with Crippen molar-refractivity contribution in [3.05, 3.63) is 53.4 Å². The van der Waals surface area contributed by atoms with Gasteiger partial charge < -0.3 is 4.74 Å². The molecule has 0 heterocycles. The van der Waals surface area contributed by atoms with Crippen molar-refractivity contribution in [3.63, 3.8) is 0 Å². The Kier molecular flexibility index (Phi) is 3.78. The summed E-state index contributed by atoms with van der Waals surface area (Å²) < 4.78 is 63.2. The number of rotatable bonds is 3. The van der Waals surface area contributed by atoms with Gasteiger partial charge in [-0.1, -0.05) is 30.3 Å². The van der Waals surface area contributed by atoms with Crippen molar-refractivity contribution < 1.29 is 27.1 Å². The number of carbonyl (C=O) groups is 1. The Bertz CT molecular complexity index is 707. The third-order valence-electron chi connectivity index (χ3n) is 4.44. The van der Waals surface area contributed by atoms with Gasteiger partial charge in [-0.25, -0.2) is 17.6 Å². The predicted octanol–water partition coefficient (Wildman–Crippen LogP) is 4.44. The Morgan fingerprint density at radius 3 is 2.30 bits per heavy atom. The number of carbonyl (C=O) groups excluding carboxylic acids is 1. The average molecular weight is 326 g/mol. The Morgan fingerprint density at radius 2 is 1.78 bits per heavy atom. The lowest BCUT2D eigenvalue weighted by atomic mass is 9.71. The average Bonchev–Trinajstić information content (AvgIpc) is 3.40. The van der Waals surface area contributed by atoms with Crippen LogP contribution in [-0.2, 0) is 9.53 Å². The standard InChI is InChI=1S/C17H14F4O2/c1-23-16(22)17(10-7-8-10)14(20)12(18)11(13(19)15(17)21)9-5-3-2-4-6-9/h2-6,10,14H,7-8H2,1H3. The summed E-state index contributed by atoms with van der Waals surface area (Å²) in [6, 6.07) is 7.29. The molecule has 0 N–H and O–H groups in total. The molecular weight excluding hydrogens is 312 g/mol. The number of ether oxygens (including phenoxy) is 1. The number of esters is 1. The second kappa shape index (κ2) is 5.51. The van der Waals surface area contributed by atoms with Gasteiger partial charge in [-0.2, -0.15) is 0 Å². The van der Waals surface area contributed by atoms with E-state index in [1.165, 1.54) is 24.3 Å². The van der Waals surface area contributed by atoms with E-state index >= 15 is 0 Å². The molecule has 1 saturated carbocycles. The first-order chi connectivity index (χ1) is 11.0. The molecule has 0 amide bonds. The molecule has 23 heavy (non-hydrogen) atoms. The topological polar surface area (TPSA) is 26.3 Å². The Hall–Kier alpha value is -2.11. The first-order valence-electron chi connectivity index (χ1n) is 7.19. The Morgan fingerprint density at radius 1 is 1.17 bits per heavy atom. The molecule has 2 aliphatic carbocycles. The number of hydrogen-bond donors (Lipinski definition) is 0. The molecule has 0 spiro atoms. The minimum Gasteiger partial charge on any atom is -0.468 e. The largest absolute Gasteiger partial charge is 0.468 e. The van der Waals surface area contributed by atoms with E-state index in [1.54, 1.807) is 6.07 Å². The van der Waals surface area contributed by atoms with E-state index in [4.69, 9.17) is 0 Å². The Labute approximate surface area is 130 Å². The van der Waals surface area contributed by atoms with Crippen LogP contribution >= 0.6 is 0 Å². The summed E-state index contributed by atoms with van der Waals surface area (Å²) in [5.41, 5.74) is -3.33. The molecule has 6 heteroatoms. The van der Waals surface area contributed by atoms with Crippen LogP contribution in [0.25, 0.3) is 5.57 Å². The lowest BCUT2D eigenvalue weighted by Crippen LogP contribution is -2.46. The molecule has 1 fully saturated rings. The fourth-order valence-electron chi connectivity index (χ4n) is 3.16. The second-order valence-corrected chi connectivity index (χ2v) is 5.71. The summed E-state index contributed by atoms with van der Waals surface area (Å²) in [5, 5.41) is 0. The fourth-order valence-corrected chi connectivity index (χ4v) is 3.16. The summed E-state index contributed by atoms with van der Waals surface area (Å²) >= 11 is 0. The molecule has 0 radical (unpaired) electrons. The minimum atomic E-state index is -2.61. The van der Waals surface area contributed by atoms with Gasteiger partial charge in [0.15, 0.2) is 23.2 Å². The molecule has 0 bridgehead atoms. The molecule has 2 nitrogen and oxygen atoms in total. The van der Waals surface area contributed by atoms with Crippen LogP contribution in [0.15, 0.2) is 47.8 Å². The summed E-state index contributed by atoms with van der Waals surface area (Å²) in [4.78, 5) is 12.0. The van der Waals surface area contributed by atoms with Crippen molar-refractivity contribution in [2.24, 2.45) is 11.3 Å². The lowest BCUT2D eigenvalue weighted by Gasteiger charge is -2.35. The lowest BCUT2D eigenvalue weighted by molar-refractivity contribution is -0.157. The van der Waals surface area contributed by atoms with Crippen LogP contribution in [0.3, 0.4) is 0 Å². The highest BCUT2D eigenvalue weighted by atomic mass is 19.2. The van der Waals surface area contributed by atoms with Gasteiger partial charge in [-0.05, 0) is 24.3 Å². The van der Waals surface area contributed by atoms with Gasteiger partial charge in [0.25, 0.3) is 0 Å². The summed E-state index contributed by atoms with van der Waals surface area (Å²) in [6.45, 7) is 0. The van der Waals surface area contributed by atoms with Crippen LogP contribution in [0.2, 0.25) is 0 Å². The van der Waals surface area contributed by atoms with E-state index in [0.717, 1.165) is 7.11 Å². The summed E-state index contributed by atoms with van der Waals surface area (Å²) in [7, 11) is 0.943. The van der Waals surface area contributed by atoms with Crippen LogP contribution in [0.5, 0.6) is 0 Å². The molecular formula is C17H14F4O2. The number of hydrogen-bond acceptors (Lipinski definition) is 2. The second-order valence-electron chi connectivity index (χ2n) is 5.71. The van der Waals surface area contributed by atoms with Crippen LogP contribution in [-0.4, -0.2) is 19.3 Å². The van der Waals surface area contributed by atoms with Crippen LogP contribution < -0.4 is 0 Å². The highest BCUT2D eigenvalue weighted by Gasteiger charge is 2.65. The highest BCUT2D eigenvalue weighted by molar-refractivity contribution is 5.90. The van der Waals surface area contributed by atoms with E-state index in [2.05, 4.69) is 4.74 Å². The van der Waals surface area contributed by atoms with Gasteiger partial charge in [0, 0.05) is 0 Å². The van der Waals surface area contributed by atoms with Gasteiger partial charge in [0.2, 0.25) is 0 Å². The molecule has 0 saturated heterocycles. The smallest absolute Gasteiger partial charge is 0.322 e. The maximum absolute atomic E-state index is 14.8. The summed E-state index contributed by atoms with van der Waals surface area (Å²) in [5.74, 6) is -6.70.